The largest absolute Gasteiger partial charge is 0.487 e. The summed E-state index contributed by atoms with van der Waals surface area (Å²) in [6, 6.07) is 6.38. The second-order valence-corrected chi connectivity index (χ2v) is 5.55. The lowest BCUT2D eigenvalue weighted by Gasteiger charge is -2.18. The molecule has 1 aliphatic heterocycles. The summed E-state index contributed by atoms with van der Waals surface area (Å²) in [7, 11) is 0. The van der Waals surface area contributed by atoms with E-state index < -0.39 is 0 Å². The molecule has 2 N–H and O–H groups in total. The standard InChI is InChI=1S/C15H23NO2/c1-15(2)10-12-6-5-7-13(14(12)18-15)11-16-8-3-4-9-17/h5-7,16-17H,3-4,8-11H2,1-2H3. The number of para-hydroxylation sites is 1. The van der Waals surface area contributed by atoms with Crippen molar-refractivity contribution >= 4 is 0 Å². The van der Waals surface area contributed by atoms with Crippen LogP contribution in [-0.4, -0.2) is 23.9 Å². The van der Waals surface area contributed by atoms with Gasteiger partial charge in [-0.2, -0.15) is 0 Å². The van der Waals surface area contributed by atoms with E-state index in [9.17, 15) is 0 Å². The average Bonchev–Trinajstić information content (AvgIpc) is 2.63. The molecule has 0 unspecified atom stereocenters. The Morgan fingerprint density at radius 2 is 2.17 bits per heavy atom. The van der Waals surface area contributed by atoms with Gasteiger partial charge in [0.1, 0.15) is 11.4 Å². The van der Waals surface area contributed by atoms with Crippen LogP contribution in [0.25, 0.3) is 0 Å². The van der Waals surface area contributed by atoms with Crippen LogP contribution in [0.1, 0.15) is 37.8 Å². The molecule has 0 amide bonds. The number of ether oxygens (including phenoxy) is 1. The number of aliphatic hydroxyl groups is 1. The Hall–Kier alpha value is -1.06. The van der Waals surface area contributed by atoms with Crippen molar-refractivity contribution in [3.63, 3.8) is 0 Å². The number of aliphatic hydroxyl groups excluding tert-OH is 1. The van der Waals surface area contributed by atoms with Crippen LogP contribution in [0.2, 0.25) is 0 Å². The van der Waals surface area contributed by atoms with Crippen LogP contribution < -0.4 is 10.1 Å². The Kier molecular flexibility index (Phi) is 4.25. The van der Waals surface area contributed by atoms with Crippen molar-refractivity contribution in [3.8, 4) is 5.75 Å². The molecule has 0 atom stereocenters. The van der Waals surface area contributed by atoms with Crippen molar-refractivity contribution in [3.05, 3.63) is 29.3 Å². The summed E-state index contributed by atoms with van der Waals surface area (Å²) in [6.45, 7) is 6.31. The number of nitrogens with one attached hydrogen (secondary N) is 1. The molecule has 1 aliphatic rings. The van der Waals surface area contributed by atoms with Crippen LogP contribution in [0.15, 0.2) is 18.2 Å². The molecule has 0 spiro atoms. The average molecular weight is 249 g/mol. The number of hydrogen-bond acceptors (Lipinski definition) is 3. The molecule has 0 saturated carbocycles. The maximum absolute atomic E-state index is 8.72. The van der Waals surface area contributed by atoms with Gasteiger partial charge in [0.15, 0.2) is 0 Å². The summed E-state index contributed by atoms with van der Waals surface area (Å²) in [5.74, 6) is 1.07. The van der Waals surface area contributed by atoms with Crippen molar-refractivity contribution in [2.75, 3.05) is 13.2 Å². The molecular formula is C15H23NO2. The first kappa shape index (κ1) is 13.4. The van der Waals surface area contributed by atoms with Gasteiger partial charge in [0.2, 0.25) is 0 Å². The smallest absolute Gasteiger partial charge is 0.127 e. The van der Waals surface area contributed by atoms with E-state index >= 15 is 0 Å². The molecule has 1 heterocycles. The summed E-state index contributed by atoms with van der Waals surface area (Å²) in [6.07, 6.45) is 2.86. The molecule has 0 aliphatic carbocycles. The monoisotopic (exact) mass is 249 g/mol. The highest BCUT2D eigenvalue weighted by atomic mass is 16.5. The van der Waals surface area contributed by atoms with Gasteiger partial charge in [-0.1, -0.05) is 18.2 Å². The van der Waals surface area contributed by atoms with Gasteiger partial charge in [-0.05, 0) is 38.8 Å². The van der Waals surface area contributed by atoms with E-state index in [1.807, 2.05) is 0 Å². The molecule has 0 bridgehead atoms. The number of rotatable bonds is 6. The van der Waals surface area contributed by atoms with E-state index in [0.29, 0.717) is 0 Å². The third-order valence-electron chi connectivity index (χ3n) is 3.25. The molecule has 18 heavy (non-hydrogen) atoms. The quantitative estimate of drug-likeness (QED) is 0.760. The lowest BCUT2D eigenvalue weighted by atomic mass is 10.0. The van der Waals surface area contributed by atoms with E-state index in [0.717, 1.165) is 38.1 Å². The van der Waals surface area contributed by atoms with Crippen LogP contribution in [0.3, 0.4) is 0 Å². The zero-order valence-corrected chi connectivity index (χ0v) is 11.3. The minimum absolute atomic E-state index is 0.0741. The Morgan fingerprint density at radius 1 is 1.33 bits per heavy atom. The fourth-order valence-electron chi connectivity index (χ4n) is 2.40. The molecule has 1 aromatic carbocycles. The van der Waals surface area contributed by atoms with E-state index in [-0.39, 0.29) is 12.2 Å². The molecule has 3 heteroatoms. The van der Waals surface area contributed by atoms with Crippen LogP contribution in [0.5, 0.6) is 5.75 Å². The van der Waals surface area contributed by atoms with Crippen molar-refractivity contribution in [1.82, 2.24) is 5.32 Å². The minimum atomic E-state index is -0.0741. The van der Waals surface area contributed by atoms with Gasteiger partial charge in [-0.25, -0.2) is 0 Å². The second-order valence-electron chi connectivity index (χ2n) is 5.55. The first-order valence-electron chi connectivity index (χ1n) is 6.74. The van der Waals surface area contributed by atoms with E-state index in [4.69, 9.17) is 9.84 Å². The summed E-state index contributed by atoms with van der Waals surface area (Å²) in [5, 5.41) is 12.1. The van der Waals surface area contributed by atoms with Gasteiger partial charge in [-0.15, -0.1) is 0 Å². The molecular weight excluding hydrogens is 226 g/mol. The Balaban J connectivity index is 1.93. The van der Waals surface area contributed by atoms with Crippen LogP contribution in [0.4, 0.5) is 0 Å². The van der Waals surface area contributed by atoms with Gasteiger partial charge >= 0.3 is 0 Å². The fraction of sp³-hybridized carbons (Fsp3) is 0.600. The lowest BCUT2D eigenvalue weighted by Crippen LogP contribution is -2.25. The van der Waals surface area contributed by atoms with Crippen LogP contribution in [-0.2, 0) is 13.0 Å². The number of benzene rings is 1. The Labute approximate surface area is 109 Å². The Morgan fingerprint density at radius 3 is 2.94 bits per heavy atom. The lowest BCUT2D eigenvalue weighted by molar-refractivity contribution is 0.137. The highest BCUT2D eigenvalue weighted by molar-refractivity contribution is 5.45. The van der Waals surface area contributed by atoms with Gasteiger partial charge in [0.05, 0.1) is 0 Å². The van der Waals surface area contributed by atoms with Crippen molar-refractivity contribution in [1.29, 1.82) is 0 Å². The normalized spacial score (nSPS) is 16.4. The first-order chi connectivity index (χ1) is 8.62. The van der Waals surface area contributed by atoms with E-state index in [1.165, 1.54) is 11.1 Å². The molecule has 3 nitrogen and oxygen atoms in total. The van der Waals surface area contributed by atoms with Gasteiger partial charge in [0.25, 0.3) is 0 Å². The number of fused-ring (bicyclic) bond motifs is 1. The SMILES string of the molecule is CC1(C)Cc2cccc(CNCCCCO)c2O1. The van der Waals surface area contributed by atoms with Crippen molar-refractivity contribution in [2.45, 2.75) is 45.3 Å². The predicted molar refractivity (Wildman–Crippen MR) is 72.9 cm³/mol. The van der Waals surface area contributed by atoms with Crippen molar-refractivity contribution < 1.29 is 9.84 Å². The molecule has 0 saturated heterocycles. The van der Waals surface area contributed by atoms with Gasteiger partial charge in [0, 0.05) is 25.1 Å². The first-order valence-corrected chi connectivity index (χ1v) is 6.74. The third kappa shape index (κ3) is 3.24. The second kappa shape index (κ2) is 5.72. The maximum atomic E-state index is 8.72. The maximum Gasteiger partial charge on any atom is 0.127 e. The fourth-order valence-corrected chi connectivity index (χ4v) is 2.40. The zero-order chi connectivity index (χ0) is 13.0. The highest BCUT2D eigenvalue weighted by Gasteiger charge is 2.31. The van der Waals surface area contributed by atoms with Crippen LogP contribution >= 0.6 is 0 Å². The van der Waals surface area contributed by atoms with Gasteiger partial charge < -0.3 is 15.2 Å². The summed E-state index contributed by atoms with van der Waals surface area (Å²) >= 11 is 0. The number of unbranched alkanes of at least 4 members (excludes halogenated alkanes) is 1. The zero-order valence-electron chi connectivity index (χ0n) is 11.3. The predicted octanol–water partition coefficient (Wildman–Crippen LogP) is 2.26. The molecule has 0 fully saturated rings. The van der Waals surface area contributed by atoms with E-state index in [2.05, 4.69) is 37.4 Å². The summed E-state index contributed by atoms with van der Waals surface area (Å²) < 4.78 is 6.02. The molecule has 1 aromatic rings. The van der Waals surface area contributed by atoms with E-state index in [1.54, 1.807) is 0 Å². The third-order valence-corrected chi connectivity index (χ3v) is 3.25. The summed E-state index contributed by atoms with van der Waals surface area (Å²) in [4.78, 5) is 0. The molecule has 0 aromatic heterocycles. The van der Waals surface area contributed by atoms with Crippen molar-refractivity contribution in [2.24, 2.45) is 0 Å². The highest BCUT2D eigenvalue weighted by Crippen LogP contribution is 2.37. The molecule has 2 rings (SSSR count). The number of hydrogen-bond donors (Lipinski definition) is 2. The molecule has 0 radical (unpaired) electrons. The van der Waals surface area contributed by atoms with Gasteiger partial charge in [-0.3, -0.25) is 0 Å². The summed E-state index contributed by atoms with van der Waals surface area (Å²) in [5.41, 5.74) is 2.48. The molecule has 100 valence electrons. The topological polar surface area (TPSA) is 41.5 Å². The Bertz CT molecular complexity index is 401. The minimum Gasteiger partial charge on any atom is -0.487 e. The van der Waals surface area contributed by atoms with Crippen LogP contribution in [0, 0.1) is 0 Å².